The van der Waals surface area contributed by atoms with Gasteiger partial charge in [-0.25, -0.2) is 8.93 Å². The second-order valence-corrected chi connectivity index (χ2v) is 8.78. The third-order valence-electron chi connectivity index (χ3n) is 4.20. The number of benzene rings is 2. The SMILES string of the molecule is CC(C)(C)NS(=O)c1ccc(C2(O)C(=O)Nc3ccc(C(F)(F)F)cc32)cc1. The highest BCUT2D eigenvalue weighted by Crippen LogP contribution is 2.43. The van der Waals surface area contributed by atoms with Gasteiger partial charge in [0.25, 0.3) is 5.91 Å². The third-order valence-corrected chi connectivity index (χ3v) is 5.70. The number of aliphatic hydroxyl groups is 1. The average molecular weight is 412 g/mol. The second-order valence-electron chi connectivity index (χ2n) is 7.57. The number of hydrogen-bond acceptors (Lipinski definition) is 3. The molecule has 0 aliphatic carbocycles. The molecular formula is C19H19F3N2O3S. The van der Waals surface area contributed by atoms with Gasteiger partial charge in [0.1, 0.15) is 11.0 Å². The zero-order valence-electron chi connectivity index (χ0n) is 15.3. The van der Waals surface area contributed by atoms with E-state index < -0.39 is 39.8 Å². The first-order chi connectivity index (χ1) is 12.8. The molecule has 1 heterocycles. The van der Waals surface area contributed by atoms with Crippen molar-refractivity contribution in [2.75, 3.05) is 5.32 Å². The topological polar surface area (TPSA) is 78.4 Å². The van der Waals surface area contributed by atoms with Crippen molar-refractivity contribution in [3.05, 3.63) is 59.2 Å². The maximum absolute atomic E-state index is 13.1. The molecule has 2 unspecified atom stereocenters. The van der Waals surface area contributed by atoms with Crippen molar-refractivity contribution in [1.82, 2.24) is 4.72 Å². The molecule has 2 atom stereocenters. The standard InChI is InChI=1S/C19H19F3N2O3S/c1-17(2,3)24-28(27)13-7-4-11(5-8-13)18(26)14-10-12(19(20,21)22)6-9-15(14)23-16(18)25/h4-10,24,26H,1-3H3,(H,23,25). The van der Waals surface area contributed by atoms with Gasteiger partial charge in [0.05, 0.1) is 10.5 Å². The monoisotopic (exact) mass is 412 g/mol. The van der Waals surface area contributed by atoms with E-state index in [1.807, 2.05) is 20.8 Å². The van der Waals surface area contributed by atoms with Crippen LogP contribution in [0.1, 0.15) is 37.5 Å². The van der Waals surface area contributed by atoms with E-state index in [1.165, 1.54) is 24.3 Å². The van der Waals surface area contributed by atoms with Gasteiger partial charge in [0.15, 0.2) is 5.60 Å². The van der Waals surface area contributed by atoms with Crippen LogP contribution in [0.5, 0.6) is 0 Å². The number of hydrogen-bond donors (Lipinski definition) is 3. The normalized spacial score (nSPS) is 20.6. The quantitative estimate of drug-likeness (QED) is 0.724. The van der Waals surface area contributed by atoms with Gasteiger partial charge in [0.2, 0.25) is 0 Å². The lowest BCUT2D eigenvalue weighted by molar-refractivity contribution is -0.138. The molecule has 0 saturated carbocycles. The number of rotatable bonds is 3. The molecular weight excluding hydrogens is 393 g/mol. The second kappa shape index (κ2) is 6.68. The van der Waals surface area contributed by atoms with Gasteiger partial charge in [-0.05, 0) is 56.7 Å². The summed E-state index contributed by atoms with van der Waals surface area (Å²) in [6.45, 7) is 5.54. The van der Waals surface area contributed by atoms with E-state index >= 15 is 0 Å². The van der Waals surface area contributed by atoms with Gasteiger partial charge >= 0.3 is 6.18 Å². The van der Waals surface area contributed by atoms with Crippen LogP contribution in [0.25, 0.3) is 0 Å². The summed E-state index contributed by atoms with van der Waals surface area (Å²) >= 11 is 0. The molecule has 0 spiro atoms. The Hall–Kier alpha value is -2.23. The van der Waals surface area contributed by atoms with E-state index in [2.05, 4.69) is 10.0 Å². The molecule has 1 amide bonds. The summed E-state index contributed by atoms with van der Waals surface area (Å²) in [6, 6.07) is 8.40. The highest BCUT2D eigenvalue weighted by molar-refractivity contribution is 7.83. The smallest absolute Gasteiger partial charge is 0.372 e. The Morgan fingerprint density at radius 2 is 1.68 bits per heavy atom. The number of fused-ring (bicyclic) bond motifs is 1. The van der Waals surface area contributed by atoms with Crippen LogP contribution < -0.4 is 10.0 Å². The van der Waals surface area contributed by atoms with Crippen molar-refractivity contribution in [2.24, 2.45) is 0 Å². The molecule has 1 aliphatic heterocycles. The molecule has 3 rings (SSSR count). The van der Waals surface area contributed by atoms with Crippen LogP contribution >= 0.6 is 0 Å². The van der Waals surface area contributed by atoms with E-state index in [4.69, 9.17) is 0 Å². The van der Waals surface area contributed by atoms with E-state index in [1.54, 1.807) is 0 Å². The van der Waals surface area contributed by atoms with Gasteiger partial charge in [-0.2, -0.15) is 13.2 Å². The number of carbonyl (C=O) groups is 1. The third kappa shape index (κ3) is 3.69. The number of nitrogens with one attached hydrogen (secondary N) is 2. The Bertz CT molecular complexity index is 952. The van der Waals surface area contributed by atoms with Crippen LogP contribution in [-0.2, 0) is 27.6 Å². The summed E-state index contributed by atoms with van der Waals surface area (Å²) in [7, 11) is -1.53. The minimum Gasteiger partial charge on any atom is -0.372 e. The predicted octanol–water partition coefficient (Wildman–Crippen LogP) is 3.30. The minimum atomic E-state index is -4.61. The lowest BCUT2D eigenvalue weighted by Crippen LogP contribution is -2.37. The van der Waals surface area contributed by atoms with Crippen LogP contribution in [0.15, 0.2) is 47.4 Å². The van der Waals surface area contributed by atoms with Crippen molar-refractivity contribution in [3.63, 3.8) is 0 Å². The zero-order chi connectivity index (χ0) is 20.9. The van der Waals surface area contributed by atoms with Crippen LogP contribution in [-0.4, -0.2) is 20.8 Å². The fourth-order valence-electron chi connectivity index (χ4n) is 2.91. The summed E-state index contributed by atoms with van der Waals surface area (Å²) < 4.78 is 54.4. The zero-order valence-corrected chi connectivity index (χ0v) is 16.2. The van der Waals surface area contributed by atoms with Crippen molar-refractivity contribution in [1.29, 1.82) is 0 Å². The maximum atomic E-state index is 13.1. The minimum absolute atomic E-state index is 0.0829. The average Bonchev–Trinajstić information content (AvgIpc) is 2.84. The Morgan fingerprint density at radius 1 is 1.07 bits per heavy atom. The molecule has 150 valence electrons. The first-order valence-corrected chi connectivity index (χ1v) is 9.53. The number of anilines is 1. The first-order valence-electron chi connectivity index (χ1n) is 8.38. The molecule has 0 saturated heterocycles. The lowest BCUT2D eigenvalue weighted by atomic mass is 9.87. The molecule has 0 fully saturated rings. The summed E-state index contributed by atoms with van der Waals surface area (Å²) in [5.41, 5.74) is -3.61. The highest BCUT2D eigenvalue weighted by Gasteiger charge is 2.48. The van der Waals surface area contributed by atoms with E-state index in [0.29, 0.717) is 4.90 Å². The Kier molecular flexibility index (Phi) is 4.89. The van der Waals surface area contributed by atoms with Crippen LogP contribution in [0.2, 0.25) is 0 Å². The van der Waals surface area contributed by atoms with Crippen LogP contribution in [0.4, 0.5) is 18.9 Å². The highest BCUT2D eigenvalue weighted by atomic mass is 32.2. The molecule has 0 bridgehead atoms. The van der Waals surface area contributed by atoms with Gasteiger partial charge in [-0.15, -0.1) is 0 Å². The van der Waals surface area contributed by atoms with E-state index in [0.717, 1.165) is 18.2 Å². The van der Waals surface area contributed by atoms with E-state index in [-0.39, 0.29) is 16.8 Å². The number of halogens is 3. The molecule has 9 heteroatoms. The Morgan fingerprint density at radius 3 is 2.21 bits per heavy atom. The Labute approximate surface area is 162 Å². The largest absolute Gasteiger partial charge is 0.416 e. The van der Waals surface area contributed by atoms with Crippen LogP contribution in [0, 0.1) is 0 Å². The van der Waals surface area contributed by atoms with Crippen LogP contribution in [0.3, 0.4) is 0 Å². The molecule has 0 radical (unpaired) electrons. The van der Waals surface area contributed by atoms with Crippen molar-refractivity contribution in [3.8, 4) is 0 Å². The summed E-state index contributed by atoms with van der Waals surface area (Å²) in [6.07, 6.45) is -4.61. The molecule has 5 nitrogen and oxygen atoms in total. The molecule has 3 N–H and O–H groups in total. The first kappa shape index (κ1) is 20.5. The number of carbonyl (C=O) groups excluding carboxylic acids is 1. The lowest BCUT2D eigenvalue weighted by Gasteiger charge is -2.23. The van der Waals surface area contributed by atoms with Gasteiger partial charge in [-0.3, -0.25) is 4.79 Å². The fraction of sp³-hybridized carbons (Fsp3) is 0.316. The molecule has 1 aliphatic rings. The van der Waals surface area contributed by atoms with Gasteiger partial charge in [0, 0.05) is 16.8 Å². The number of amides is 1. The van der Waals surface area contributed by atoms with Crippen molar-refractivity contribution >= 4 is 22.6 Å². The summed E-state index contributed by atoms with van der Waals surface area (Å²) in [4.78, 5) is 12.8. The molecule has 0 aromatic heterocycles. The molecule has 28 heavy (non-hydrogen) atoms. The summed E-state index contributed by atoms with van der Waals surface area (Å²) in [5, 5.41) is 13.4. The fourth-order valence-corrected chi connectivity index (χ4v) is 3.96. The maximum Gasteiger partial charge on any atom is 0.416 e. The molecule has 2 aromatic carbocycles. The number of alkyl halides is 3. The predicted molar refractivity (Wildman–Crippen MR) is 98.8 cm³/mol. The summed E-state index contributed by atoms with van der Waals surface area (Å²) in [5.74, 6) is -0.844. The molecule has 2 aromatic rings. The van der Waals surface area contributed by atoms with Crippen molar-refractivity contribution in [2.45, 2.75) is 43.0 Å². The van der Waals surface area contributed by atoms with E-state index in [9.17, 15) is 27.3 Å². The van der Waals surface area contributed by atoms with Crippen molar-refractivity contribution < 1.29 is 27.3 Å². The van der Waals surface area contributed by atoms with Gasteiger partial charge < -0.3 is 10.4 Å². The van der Waals surface area contributed by atoms with Gasteiger partial charge in [-0.1, -0.05) is 12.1 Å². The Balaban J connectivity index is 2.00.